The lowest BCUT2D eigenvalue weighted by atomic mass is 10.00. The summed E-state index contributed by atoms with van der Waals surface area (Å²) in [4.78, 5) is 12.1. The molecule has 0 aliphatic heterocycles. The zero-order chi connectivity index (χ0) is 13.8. The molecular formula is C14H22N2O2. The minimum atomic E-state index is -0.794. The van der Waals surface area contributed by atoms with Gasteiger partial charge in [0.1, 0.15) is 5.60 Å². The first kappa shape index (κ1) is 14.5. The number of nitrogens with one attached hydrogen (secondary N) is 1. The van der Waals surface area contributed by atoms with Gasteiger partial charge in [-0.05, 0) is 31.9 Å². The summed E-state index contributed by atoms with van der Waals surface area (Å²) >= 11 is 0. The van der Waals surface area contributed by atoms with Crippen molar-refractivity contribution in [1.82, 2.24) is 5.32 Å². The summed E-state index contributed by atoms with van der Waals surface area (Å²) in [6.45, 7) is 5.61. The van der Waals surface area contributed by atoms with Gasteiger partial charge in [0, 0.05) is 12.8 Å². The lowest BCUT2D eigenvalue weighted by Crippen LogP contribution is -2.46. The predicted molar refractivity (Wildman–Crippen MR) is 73.1 cm³/mol. The third-order valence-corrected chi connectivity index (χ3v) is 3.42. The Balaban J connectivity index is 2.80. The van der Waals surface area contributed by atoms with Crippen LogP contribution < -0.4 is 11.1 Å². The van der Waals surface area contributed by atoms with Crippen LogP contribution in [0.5, 0.6) is 0 Å². The van der Waals surface area contributed by atoms with Gasteiger partial charge in [-0.25, -0.2) is 0 Å². The fraction of sp³-hybridized carbons (Fsp3) is 0.500. The highest BCUT2D eigenvalue weighted by Gasteiger charge is 2.31. The number of hydrogen-bond donors (Lipinski definition) is 2. The Labute approximate surface area is 109 Å². The van der Waals surface area contributed by atoms with E-state index in [1.165, 1.54) is 0 Å². The summed E-state index contributed by atoms with van der Waals surface area (Å²) in [5.74, 6) is -0.122. The van der Waals surface area contributed by atoms with Crippen molar-refractivity contribution in [2.75, 3.05) is 12.8 Å². The van der Waals surface area contributed by atoms with Crippen LogP contribution in [0.2, 0.25) is 0 Å². The van der Waals surface area contributed by atoms with E-state index in [0.717, 1.165) is 5.56 Å². The number of amides is 1. The number of carbonyl (C=O) groups excluding carboxylic acids is 1. The number of hydrogen-bond acceptors (Lipinski definition) is 3. The van der Waals surface area contributed by atoms with E-state index in [9.17, 15) is 4.79 Å². The molecule has 0 spiro atoms. The molecule has 1 amide bonds. The van der Waals surface area contributed by atoms with E-state index in [2.05, 4.69) is 5.32 Å². The Morgan fingerprint density at radius 2 is 2.11 bits per heavy atom. The van der Waals surface area contributed by atoms with E-state index in [4.69, 9.17) is 10.5 Å². The zero-order valence-corrected chi connectivity index (χ0v) is 11.5. The maximum Gasteiger partial charge on any atom is 0.252 e. The van der Waals surface area contributed by atoms with Crippen molar-refractivity contribution in [2.45, 2.75) is 38.8 Å². The van der Waals surface area contributed by atoms with Crippen LogP contribution in [0.1, 0.15) is 38.8 Å². The van der Waals surface area contributed by atoms with Crippen LogP contribution in [0.4, 0.5) is 5.69 Å². The van der Waals surface area contributed by atoms with Gasteiger partial charge in [-0.15, -0.1) is 0 Å². The molecule has 4 heteroatoms. The average molecular weight is 250 g/mol. The molecular weight excluding hydrogens is 228 g/mol. The van der Waals surface area contributed by atoms with Gasteiger partial charge in [-0.3, -0.25) is 4.79 Å². The number of para-hydroxylation sites is 1. The molecule has 2 unspecified atom stereocenters. The van der Waals surface area contributed by atoms with Gasteiger partial charge in [0.15, 0.2) is 0 Å². The highest BCUT2D eigenvalue weighted by molar-refractivity contribution is 5.85. The number of anilines is 1. The smallest absolute Gasteiger partial charge is 0.252 e. The number of nitrogens with two attached hydrogens (primary N) is 1. The SMILES string of the molecule is CCC(C)(OC)C(=O)NC(C)c1ccccc1N. The zero-order valence-electron chi connectivity index (χ0n) is 11.5. The van der Waals surface area contributed by atoms with Gasteiger partial charge >= 0.3 is 0 Å². The number of methoxy groups -OCH3 is 1. The number of ether oxygens (including phenoxy) is 1. The summed E-state index contributed by atoms with van der Waals surface area (Å²) in [5, 5.41) is 2.94. The van der Waals surface area contributed by atoms with E-state index in [0.29, 0.717) is 12.1 Å². The third kappa shape index (κ3) is 3.01. The molecule has 1 rings (SSSR count). The Morgan fingerprint density at radius 3 is 2.61 bits per heavy atom. The molecule has 1 aromatic carbocycles. The van der Waals surface area contributed by atoms with Gasteiger partial charge < -0.3 is 15.8 Å². The molecule has 0 aliphatic carbocycles. The van der Waals surface area contributed by atoms with E-state index in [1.807, 2.05) is 38.1 Å². The summed E-state index contributed by atoms with van der Waals surface area (Å²) in [7, 11) is 1.55. The van der Waals surface area contributed by atoms with Gasteiger partial charge in [-0.2, -0.15) is 0 Å². The lowest BCUT2D eigenvalue weighted by molar-refractivity contribution is -0.142. The van der Waals surface area contributed by atoms with Gasteiger partial charge in [0.05, 0.1) is 6.04 Å². The third-order valence-electron chi connectivity index (χ3n) is 3.42. The van der Waals surface area contributed by atoms with E-state index < -0.39 is 5.60 Å². The van der Waals surface area contributed by atoms with Crippen molar-refractivity contribution in [1.29, 1.82) is 0 Å². The highest BCUT2D eigenvalue weighted by atomic mass is 16.5. The van der Waals surface area contributed by atoms with Crippen molar-refractivity contribution in [3.8, 4) is 0 Å². The quantitative estimate of drug-likeness (QED) is 0.788. The number of carbonyl (C=O) groups is 1. The highest BCUT2D eigenvalue weighted by Crippen LogP contribution is 2.21. The standard InChI is InChI=1S/C14H22N2O2/c1-5-14(3,18-4)13(17)16-10(2)11-8-6-7-9-12(11)15/h6-10H,5,15H2,1-4H3,(H,16,17). The molecule has 4 nitrogen and oxygen atoms in total. The summed E-state index contributed by atoms with van der Waals surface area (Å²) in [6, 6.07) is 7.38. The molecule has 3 N–H and O–H groups in total. The van der Waals surface area contributed by atoms with Crippen LogP contribution >= 0.6 is 0 Å². The fourth-order valence-corrected chi connectivity index (χ4v) is 1.73. The first-order valence-corrected chi connectivity index (χ1v) is 6.15. The van der Waals surface area contributed by atoms with Crippen LogP contribution in [0.25, 0.3) is 0 Å². The molecule has 0 saturated carbocycles. The van der Waals surface area contributed by atoms with Crippen LogP contribution in [0.15, 0.2) is 24.3 Å². The maximum atomic E-state index is 12.1. The van der Waals surface area contributed by atoms with Crippen molar-refractivity contribution in [3.05, 3.63) is 29.8 Å². The topological polar surface area (TPSA) is 64.3 Å². The largest absolute Gasteiger partial charge is 0.398 e. The molecule has 1 aromatic rings. The van der Waals surface area contributed by atoms with Gasteiger partial charge in [0.25, 0.3) is 5.91 Å². The second-order valence-corrected chi connectivity index (χ2v) is 4.61. The first-order valence-electron chi connectivity index (χ1n) is 6.15. The second-order valence-electron chi connectivity index (χ2n) is 4.61. The predicted octanol–water partition coefficient (Wildman–Crippen LogP) is 2.26. The molecule has 2 atom stereocenters. The van der Waals surface area contributed by atoms with Crippen molar-refractivity contribution < 1.29 is 9.53 Å². The minimum absolute atomic E-state index is 0.122. The van der Waals surface area contributed by atoms with E-state index in [-0.39, 0.29) is 11.9 Å². The molecule has 0 saturated heterocycles. The number of benzene rings is 1. The normalized spacial score (nSPS) is 15.8. The monoisotopic (exact) mass is 250 g/mol. The number of rotatable bonds is 5. The van der Waals surface area contributed by atoms with Crippen LogP contribution in [0.3, 0.4) is 0 Å². The first-order chi connectivity index (χ1) is 8.44. The van der Waals surface area contributed by atoms with Gasteiger partial charge in [0.2, 0.25) is 0 Å². The van der Waals surface area contributed by atoms with E-state index >= 15 is 0 Å². The van der Waals surface area contributed by atoms with Crippen molar-refractivity contribution in [3.63, 3.8) is 0 Å². The molecule has 0 fully saturated rings. The fourth-order valence-electron chi connectivity index (χ4n) is 1.73. The Kier molecular flexibility index (Phi) is 4.73. The van der Waals surface area contributed by atoms with Crippen molar-refractivity contribution >= 4 is 11.6 Å². The Hall–Kier alpha value is -1.55. The second kappa shape index (κ2) is 5.87. The molecule has 0 bridgehead atoms. The molecule has 0 aromatic heterocycles. The molecule has 0 heterocycles. The van der Waals surface area contributed by atoms with E-state index in [1.54, 1.807) is 14.0 Å². The van der Waals surface area contributed by atoms with Crippen LogP contribution in [-0.4, -0.2) is 18.6 Å². The summed E-state index contributed by atoms with van der Waals surface area (Å²) < 4.78 is 5.27. The lowest BCUT2D eigenvalue weighted by Gasteiger charge is -2.27. The van der Waals surface area contributed by atoms with Crippen LogP contribution in [-0.2, 0) is 9.53 Å². The molecule has 0 aliphatic rings. The summed E-state index contributed by atoms with van der Waals surface area (Å²) in [5.41, 5.74) is 6.69. The minimum Gasteiger partial charge on any atom is -0.398 e. The van der Waals surface area contributed by atoms with Gasteiger partial charge in [-0.1, -0.05) is 25.1 Å². The maximum absolute atomic E-state index is 12.1. The Morgan fingerprint density at radius 1 is 1.50 bits per heavy atom. The molecule has 100 valence electrons. The van der Waals surface area contributed by atoms with Crippen LogP contribution in [0, 0.1) is 0 Å². The van der Waals surface area contributed by atoms with Crippen molar-refractivity contribution in [2.24, 2.45) is 0 Å². The number of nitrogen functional groups attached to an aromatic ring is 1. The molecule has 18 heavy (non-hydrogen) atoms. The molecule has 0 radical (unpaired) electrons. The summed E-state index contributed by atoms with van der Waals surface area (Å²) in [6.07, 6.45) is 0.617. The average Bonchev–Trinajstić information content (AvgIpc) is 2.38. The Bertz CT molecular complexity index is 414.